The molecule has 3 N–H and O–H groups in total. The van der Waals surface area contributed by atoms with Gasteiger partial charge in [-0.2, -0.15) is 23.8 Å². The number of anilines is 1. The standard InChI is InChI=1S/C19H20F3N5O3S/c20-19(21,22)15-5-3-6-16(24-15)25-18(28)17-23-13(14-4-1-2-7-27(14)17)12-26-8-10-31(29,30)11-9-26/h1-7,29-30H,8-12H2,(H,24,25,28). The summed E-state index contributed by atoms with van der Waals surface area (Å²) in [6.45, 7) is 1.38. The third-order valence-electron chi connectivity index (χ3n) is 4.95. The van der Waals surface area contributed by atoms with Gasteiger partial charge in [0.15, 0.2) is 0 Å². The Bertz CT molecular complexity index is 1110. The molecule has 1 saturated heterocycles. The quantitative estimate of drug-likeness (QED) is 0.556. The largest absolute Gasteiger partial charge is 0.433 e. The molecule has 0 bridgehead atoms. The van der Waals surface area contributed by atoms with Crippen LogP contribution in [0.15, 0.2) is 42.6 Å². The van der Waals surface area contributed by atoms with Gasteiger partial charge in [0.1, 0.15) is 11.5 Å². The highest BCUT2D eigenvalue weighted by Crippen LogP contribution is 2.40. The van der Waals surface area contributed by atoms with E-state index in [2.05, 4.69) is 15.3 Å². The van der Waals surface area contributed by atoms with Crippen molar-refractivity contribution in [1.82, 2.24) is 19.3 Å². The zero-order chi connectivity index (χ0) is 22.2. The van der Waals surface area contributed by atoms with E-state index in [1.165, 1.54) is 12.1 Å². The first kappa shape index (κ1) is 21.6. The maximum Gasteiger partial charge on any atom is 0.433 e. The van der Waals surface area contributed by atoms with Gasteiger partial charge >= 0.3 is 6.18 Å². The van der Waals surface area contributed by atoms with Crippen LogP contribution in [0, 0.1) is 0 Å². The van der Waals surface area contributed by atoms with Crippen LogP contribution in [0.5, 0.6) is 0 Å². The van der Waals surface area contributed by atoms with Gasteiger partial charge in [0.2, 0.25) is 5.82 Å². The monoisotopic (exact) mass is 455 g/mol. The predicted octanol–water partition coefficient (Wildman–Crippen LogP) is 3.57. The Morgan fingerprint density at radius 3 is 2.55 bits per heavy atom. The van der Waals surface area contributed by atoms with Crippen molar-refractivity contribution in [1.29, 1.82) is 0 Å². The van der Waals surface area contributed by atoms with Crippen molar-refractivity contribution in [3.63, 3.8) is 0 Å². The number of aromatic nitrogens is 3. The second-order valence-electron chi connectivity index (χ2n) is 7.18. The van der Waals surface area contributed by atoms with Crippen LogP contribution in [-0.2, 0) is 12.7 Å². The maximum atomic E-state index is 12.9. The summed E-state index contributed by atoms with van der Waals surface area (Å²) in [6.07, 6.45) is -2.97. The molecule has 1 fully saturated rings. The van der Waals surface area contributed by atoms with Gasteiger partial charge in [-0.15, -0.1) is 0 Å². The zero-order valence-corrected chi connectivity index (χ0v) is 17.0. The first-order valence-electron chi connectivity index (χ1n) is 9.40. The number of alkyl halides is 3. The summed E-state index contributed by atoms with van der Waals surface area (Å²) in [4.78, 5) is 22.7. The van der Waals surface area contributed by atoms with Gasteiger partial charge < -0.3 is 5.32 Å². The number of nitrogens with zero attached hydrogens (tertiary/aromatic N) is 4. The molecule has 0 unspecified atom stereocenters. The molecule has 31 heavy (non-hydrogen) atoms. The maximum absolute atomic E-state index is 12.9. The summed E-state index contributed by atoms with van der Waals surface area (Å²) >= 11 is 0. The highest BCUT2D eigenvalue weighted by atomic mass is 32.3. The lowest BCUT2D eigenvalue weighted by Gasteiger charge is -2.40. The summed E-state index contributed by atoms with van der Waals surface area (Å²) in [5.74, 6) is -0.325. The van der Waals surface area contributed by atoms with Gasteiger partial charge in [-0.05, 0) is 24.3 Å². The fraction of sp³-hybridized carbons (Fsp3) is 0.316. The van der Waals surface area contributed by atoms with Crippen LogP contribution in [0.3, 0.4) is 0 Å². The van der Waals surface area contributed by atoms with Crippen molar-refractivity contribution < 1.29 is 27.1 Å². The number of fused-ring (bicyclic) bond motifs is 1. The van der Waals surface area contributed by atoms with Crippen LogP contribution in [0.2, 0.25) is 0 Å². The number of nitrogens with one attached hydrogen (secondary N) is 1. The van der Waals surface area contributed by atoms with Crippen LogP contribution in [0.1, 0.15) is 22.0 Å². The molecule has 1 amide bonds. The molecular weight excluding hydrogens is 435 g/mol. The lowest BCUT2D eigenvalue weighted by molar-refractivity contribution is -0.141. The van der Waals surface area contributed by atoms with E-state index in [9.17, 15) is 27.1 Å². The molecule has 8 nitrogen and oxygen atoms in total. The van der Waals surface area contributed by atoms with Crippen LogP contribution < -0.4 is 5.32 Å². The van der Waals surface area contributed by atoms with E-state index >= 15 is 0 Å². The minimum atomic E-state index is -4.62. The van der Waals surface area contributed by atoms with Crippen LogP contribution in [-0.4, -0.2) is 58.9 Å². The van der Waals surface area contributed by atoms with E-state index in [4.69, 9.17) is 0 Å². The zero-order valence-electron chi connectivity index (χ0n) is 16.2. The number of halogens is 3. The molecular formula is C19H20F3N5O3S. The molecule has 0 radical (unpaired) electrons. The first-order valence-corrected chi connectivity index (χ1v) is 11.3. The molecule has 4 rings (SSSR count). The van der Waals surface area contributed by atoms with Gasteiger partial charge in [-0.1, -0.05) is 12.1 Å². The lowest BCUT2D eigenvalue weighted by Crippen LogP contribution is -2.37. The van der Waals surface area contributed by atoms with E-state index < -0.39 is 28.4 Å². The molecule has 0 spiro atoms. The van der Waals surface area contributed by atoms with Gasteiger partial charge in [-0.3, -0.25) is 23.2 Å². The molecule has 1 aliphatic rings. The van der Waals surface area contributed by atoms with Gasteiger partial charge in [0, 0.05) is 25.8 Å². The Labute approximate surface area is 177 Å². The molecule has 1 aliphatic heterocycles. The van der Waals surface area contributed by atoms with Crippen molar-refractivity contribution in [3.05, 3.63) is 59.8 Å². The van der Waals surface area contributed by atoms with Gasteiger partial charge in [0.05, 0.1) is 22.7 Å². The smallest absolute Gasteiger partial charge is 0.304 e. The summed E-state index contributed by atoms with van der Waals surface area (Å²) in [5.41, 5.74) is 0.193. The number of carbonyl (C=O) groups is 1. The molecule has 0 saturated carbocycles. The number of hydrogen-bond acceptors (Lipinski definition) is 6. The molecule has 3 aromatic rings. The number of hydrogen-bond donors (Lipinski definition) is 3. The van der Waals surface area contributed by atoms with Crippen molar-refractivity contribution in [2.24, 2.45) is 0 Å². The van der Waals surface area contributed by atoms with E-state index in [0.29, 0.717) is 30.8 Å². The Hall–Kier alpha value is -2.67. The molecule has 12 heteroatoms. The molecule has 0 atom stereocenters. The number of pyridine rings is 2. The minimum Gasteiger partial charge on any atom is -0.304 e. The number of rotatable bonds is 4. The van der Waals surface area contributed by atoms with E-state index in [0.717, 1.165) is 6.07 Å². The Balaban J connectivity index is 1.58. The first-order chi connectivity index (χ1) is 14.6. The minimum absolute atomic E-state index is 0.0195. The molecule has 0 aromatic carbocycles. The third kappa shape index (κ3) is 4.82. The normalized spacial score (nSPS) is 18.1. The van der Waals surface area contributed by atoms with Crippen molar-refractivity contribution in [2.75, 3.05) is 29.9 Å². The highest BCUT2D eigenvalue weighted by molar-refractivity contribution is 8.24. The topological polar surface area (TPSA) is 103 Å². The second-order valence-corrected chi connectivity index (χ2v) is 9.61. The van der Waals surface area contributed by atoms with Gasteiger partial charge in [0.25, 0.3) is 5.91 Å². The Morgan fingerprint density at radius 1 is 1.10 bits per heavy atom. The summed E-state index contributed by atoms with van der Waals surface area (Å²) in [5, 5.41) is 2.38. The second kappa shape index (κ2) is 8.11. The average Bonchev–Trinajstić information content (AvgIpc) is 3.08. The van der Waals surface area contributed by atoms with E-state index in [-0.39, 0.29) is 23.1 Å². The fourth-order valence-corrected chi connectivity index (χ4v) is 4.65. The Kier molecular flexibility index (Phi) is 5.64. The molecule has 3 aromatic heterocycles. The van der Waals surface area contributed by atoms with E-state index in [1.54, 1.807) is 28.8 Å². The van der Waals surface area contributed by atoms with Crippen molar-refractivity contribution >= 4 is 27.8 Å². The SMILES string of the molecule is O=C(Nc1cccc(C(F)(F)F)n1)c1nc(CN2CCS(O)(O)CC2)c2ccccn12. The third-order valence-corrected chi connectivity index (χ3v) is 6.62. The summed E-state index contributed by atoms with van der Waals surface area (Å²) in [7, 11) is -2.53. The van der Waals surface area contributed by atoms with Crippen LogP contribution >= 0.6 is 10.6 Å². The van der Waals surface area contributed by atoms with Crippen LogP contribution in [0.25, 0.3) is 5.52 Å². The van der Waals surface area contributed by atoms with Crippen molar-refractivity contribution in [2.45, 2.75) is 12.7 Å². The molecule has 0 aliphatic carbocycles. The highest BCUT2D eigenvalue weighted by Gasteiger charge is 2.32. The summed E-state index contributed by atoms with van der Waals surface area (Å²) < 4.78 is 59.8. The fourth-order valence-electron chi connectivity index (χ4n) is 3.35. The van der Waals surface area contributed by atoms with Crippen LogP contribution in [0.4, 0.5) is 19.0 Å². The average molecular weight is 455 g/mol. The van der Waals surface area contributed by atoms with Gasteiger partial charge in [-0.25, -0.2) is 9.97 Å². The van der Waals surface area contributed by atoms with Crippen molar-refractivity contribution in [3.8, 4) is 0 Å². The molecule has 166 valence electrons. The number of imidazole rings is 1. The summed E-state index contributed by atoms with van der Waals surface area (Å²) in [6, 6.07) is 8.57. The number of amides is 1. The Morgan fingerprint density at radius 2 is 1.84 bits per heavy atom. The number of carbonyl (C=O) groups excluding carboxylic acids is 1. The van der Waals surface area contributed by atoms with E-state index in [1.807, 2.05) is 4.90 Å². The molecule has 4 heterocycles. The predicted molar refractivity (Wildman–Crippen MR) is 110 cm³/mol. The lowest BCUT2D eigenvalue weighted by atomic mass is 10.3.